The van der Waals surface area contributed by atoms with Crippen LogP contribution >= 0.6 is 0 Å². The molecule has 18 heavy (non-hydrogen) atoms. The van der Waals surface area contributed by atoms with Crippen LogP contribution in [0.3, 0.4) is 0 Å². The SMILES string of the molecule is C[NH2+]C(=O)[C@H](NC(=O)[C@@H](C(C)C)N(C)C)C(C)C. The summed E-state index contributed by atoms with van der Waals surface area (Å²) in [5.74, 6) is 0.185. The van der Waals surface area contributed by atoms with Crippen molar-refractivity contribution in [3.8, 4) is 0 Å². The Morgan fingerprint density at radius 3 is 1.83 bits per heavy atom. The minimum Gasteiger partial charge on any atom is -0.339 e. The Morgan fingerprint density at radius 2 is 1.56 bits per heavy atom. The number of amides is 2. The van der Waals surface area contributed by atoms with Crippen molar-refractivity contribution in [2.45, 2.75) is 39.8 Å². The Balaban J connectivity index is 4.82. The zero-order valence-electron chi connectivity index (χ0n) is 12.7. The lowest BCUT2D eigenvalue weighted by molar-refractivity contribution is -0.540. The highest BCUT2D eigenvalue weighted by molar-refractivity contribution is 5.86. The lowest BCUT2D eigenvalue weighted by Crippen LogP contribution is -2.88. The van der Waals surface area contributed by atoms with Crippen LogP contribution in [-0.2, 0) is 9.59 Å². The normalized spacial score (nSPS) is 15.0. The van der Waals surface area contributed by atoms with E-state index in [9.17, 15) is 9.59 Å². The molecular weight excluding hydrogens is 230 g/mol. The van der Waals surface area contributed by atoms with Crippen molar-refractivity contribution in [2.75, 3.05) is 21.1 Å². The maximum atomic E-state index is 12.2. The number of nitrogens with zero attached hydrogens (tertiary/aromatic N) is 1. The van der Waals surface area contributed by atoms with Crippen LogP contribution in [0.1, 0.15) is 27.7 Å². The molecule has 5 heteroatoms. The number of rotatable bonds is 6. The molecule has 0 aliphatic rings. The smallest absolute Gasteiger partial charge is 0.332 e. The molecule has 0 saturated heterocycles. The molecule has 2 amide bonds. The summed E-state index contributed by atoms with van der Waals surface area (Å²) in [6, 6.07) is -0.639. The van der Waals surface area contributed by atoms with Gasteiger partial charge in [-0.25, -0.2) is 4.79 Å². The van der Waals surface area contributed by atoms with Crippen LogP contribution < -0.4 is 10.6 Å². The number of quaternary nitrogens is 1. The van der Waals surface area contributed by atoms with E-state index in [1.54, 1.807) is 7.05 Å². The average molecular weight is 258 g/mol. The van der Waals surface area contributed by atoms with Gasteiger partial charge in [-0.1, -0.05) is 27.7 Å². The Hall–Kier alpha value is -0.940. The number of primary amides is 1. The Morgan fingerprint density at radius 1 is 1.06 bits per heavy atom. The van der Waals surface area contributed by atoms with Crippen LogP contribution in [0, 0.1) is 11.8 Å². The molecule has 0 saturated carbocycles. The van der Waals surface area contributed by atoms with Gasteiger partial charge in [0.25, 0.3) is 0 Å². The van der Waals surface area contributed by atoms with Gasteiger partial charge in [0.2, 0.25) is 5.91 Å². The van der Waals surface area contributed by atoms with Gasteiger partial charge in [-0.15, -0.1) is 0 Å². The van der Waals surface area contributed by atoms with Crippen molar-refractivity contribution in [1.82, 2.24) is 10.2 Å². The number of carbonyl (C=O) groups is 2. The Bertz CT molecular complexity index is 280. The van der Waals surface area contributed by atoms with Crippen molar-refractivity contribution in [3.63, 3.8) is 0 Å². The number of likely N-dealkylation sites (N-methyl/N-ethyl adjacent to an activating group) is 2. The van der Waals surface area contributed by atoms with Gasteiger partial charge >= 0.3 is 5.91 Å². The van der Waals surface area contributed by atoms with E-state index in [-0.39, 0.29) is 29.7 Å². The van der Waals surface area contributed by atoms with Crippen LogP contribution in [0.5, 0.6) is 0 Å². The van der Waals surface area contributed by atoms with Crippen LogP contribution in [0.15, 0.2) is 0 Å². The second kappa shape index (κ2) is 7.48. The summed E-state index contributed by atoms with van der Waals surface area (Å²) in [4.78, 5) is 25.9. The molecule has 0 fully saturated rings. The fourth-order valence-corrected chi connectivity index (χ4v) is 2.12. The highest BCUT2D eigenvalue weighted by Gasteiger charge is 2.31. The second-order valence-electron chi connectivity index (χ2n) is 5.57. The summed E-state index contributed by atoms with van der Waals surface area (Å²) >= 11 is 0. The van der Waals surface area contributed by atoms with Gasteiger partial charge in [-0.2, -0.15) is 0 Å². The molecule has 0 aliphatic heterocycles. The van der Waals surface area contributed by atoms with Crippen LogP contribution in [0.25, 0.3) is 0 Å². The van der Waals surface area contributed by atoms with Crippen molar-refractivity contribution in [1.29, 1.82) is 0 Å². The molecule has 106 valence electrons. The number of hydrogen-bond acceptors (Lipinski definition) is 3. The van der Waals surface area contributed by atoms with Gasteiger partial charge in [0.1, 0.15) is 6.04 Å². The summed E-state index contributed by atoms with van der Waals surface area (Å²) in [6.45, 7) is 7.88. The molecule has 0 aromatic carbocycles. The topological polar surface area (TPSA) is 66.0 Å². The van der Waals surface area contributed by atoms with Gasteiger partial charge < -0.3 is 5.32 Å². The van der Waals surface area contributed by atoms with E-state index in [1.807, 2.05) is 46.7 Å². The minimum absolute atomic E-state index is 0.0281. The molecule has 0 aliphatic carbocycles. The van der Waals surface area contributed by atoms with E-state index in [1.165, 1.54) is 5.32 Å². The third-order valence-electron chi connectivity index (χ3n) is 3.01. The molecule has 2 atom stereocenters. The van der Waals surface area contributed by atoms with E-state index in [2.05, 4.69) is 5.32 Å². The third kappa shape index (κ3) is 4.74. The zero-order chi connectivity index (χ0) is 14.5. The first-order valence-corrected chi connectivity index (χ1v) is 6.52. The molecule has 0 heterocycles. The van der Waals surface area contributed by atoms with E-state index in [0.717, 1.165) is 0 Å². The van der Waals surface area contributed by atoms with Gasteiger partial charge in [0.05, 0.1) is 13.1 Å². The summed E-state index contributed by atoms with van der Waals surface area (Å²) in [5.41, 5.74) is 0. The van der Waals surface area contributed by atoms with Crippen molar-refractivity contribution in [3.05, 3.63) is 0 Å². The quantitative estimate of drug-likeness (QED) is 0.671. The lowest BCUT2D eigenvalue weighted by atomic mass is 9.99. The highest BCUT2D eigenvalue weighted by atomic mass is 16.2. The van der Waals surface area contributed by atoms with Gasteiger partial charge in [0.15, 0.2) is 0 Å². The third-order valence-corrected chi connectivity index (χ3v) is 3.01. The van der Waals surface area contributed by atoms with Crippen molar-refractivity contribution < 1.29 is 14.9 Å². The fourth-order valence-electron chi connectivity index (χ4n) is 2.12. The molecular formula is C13H28N3O2+. The average Bonchev–Trinajstić information content (AvgIpc) is 2.23. The minimum atomic E-state index is -0.427. The fraction of sp³-hybridized carbons (Fsp3) is 0.846. The Labute approximate surface area is 110 Å². The number of nitrogens with two attached hydrogens (primary N) is 1. The van der Waals surface area contributed by atoms with Crippen LogP contribution in [0.4, 0.5) is 0 Å². The molecule has 0 unspecified atom stereocenters. The summed E-state index contributed by atoms with van der Waals surface area (Å²) in [6.07, 6.45) is 0. The molecule has 0 bridgehead atoms. The van der Waals surface area contributed by atoms with E-state index >= 15 is 0 Å². The standard InChI is InChI=1S/C13H27N3O2/c1-8(2)10(12(17)14-5)15-13(18)11(9(3)4)16(6)7/h8-11H,1-7H3,(H,14,17)(H,15,18)/p+1/t10-,11-/m1/s1. The Kier molecular flexibility index (Phi) is 7.09. The molecule has 0 spiro atoms. The first kappa shape index (κ1) is 17.1. The van der Waals surface area contributed by atoms with Crippen LogP contribution in [0.2, 0.25) is 0 Å². The molecule has 5 nitrogen and oxygen atoms in total. The largest absolute Gasteiger partial charge is 0.339 e. The molecule has 0 rings (SSSR count). The zero-order valence-corrected chi connectivity index (χ0v) is 12.7. The maximum Gasteiger partial charge on any atom is 0.332 e. The van der Waals surface area contributed by atoms with Crippen molar-refractivity contribution >= 4 is 11.8 Å². The molecule has 3 N–H and O–H groups in total. The summed E-state index contributed by atoms with van der Waals surface area (Å²) < 4.78 is 0. The number of hydrogen-bond donors (Lipinski definition) is 2. The number of nitrogens with one attached hydrogen (secondary N) is 1. The van der Waals surface area contributed by atoms with Gasteiger partial charge in [-0.05, 0) is 25.9 Å². The first-order valence-electron chi connectivity index (χ1n) is 6.52. The maximum absolute atomic E-state index is 12.2. The predicted octanol–water partition coefficient (Wildman–Crippen LogP) is -0.567. The van der Waals surface area contributed by atoms with Gasteiger partial charge in [-0.3, -0.25) is 15.0 Å². The molecule has 0 aromatic rings. The molecule has 0 radical (unpaired) electrons. The highest BCUT2D eigenvalue weighted by Crippen LogP contribution is 2.09. The van der Waals surface area contributed by atoms with Crippen molar-refractivity contribution in [2.24, 2.45) is 11.8 Å². The summed E-state index contributed by atoms with van der Waals surface area (Å²) in [5, 5.41) is 4.39. The van der Waals surface area contributed by atoms with Crippen LogP contribution in [-0.4, -0.2) is 49.9 Å². The van der Waals surface area contributed by atoms with E-state index < -0.39 is 6.04 Å². The van der Waals surface area contributed by atoms with E-state index in [0.29, 0.717) is 0 Å². The second-order valence-corrected chi connectivity index (χ2v) is 5.57. The lowest BCUT2D eigenvalue weighted by Gasteiger charge is -2.29. The predicted molar refractivity (Wildman–Crippen MR) is 71.9 cm³/mol. The van der Waals surface area contributed by atoms with Gasteiger partial charge in [0, 0.05) is 0 Å². The molecule has 0 aromatic heterocycles. The number of carbonyl (C=O) groups excluding carboxylic acids is 2. The first-order chi connectivity index (χ1) is 8.22. The summed E-state index contributed by atoms with van der Waals surface area (Å²) in [7, 11) is 5.46. The monoisotopic (exact) mass is 258 g/mol. The van der Waals surface area contributed by atoms with E-state index in [4.69, 9.17) is 0 Å².